The van der Waals surface area contributed by atoms with E-state index in [2.05, 4.69) is 9.72 Å². The number of carbonyl (C=O) groups excluding carboxylic acids is 1. The van der Waals surface area contributed by atoms with Crippen molar-refractivity contribution in [3.8, 4) is 5.75 Å². The number of fused-ring (bicyclic) bond motifs is 1. The molecule has 2 aromatic rings. The van der Waals surface area contributed by atoms with Crippen molar-refractivity contribution in [2.24, 2.45) is 0 Å². The van der Waals surface area contributed by atoms with E-state index < -0.39 is 0 Å². The van der Waals surface area contributed by atoms with Crippen LogP contribution in [-0.2, 0) is 16.0 Å². The second-order valence-corrected chi connectivity index (χ2v) is 3.59. The van der Waals surface area contributed by atoms with E-state index in [1.807, 2.05) is 12.3 Å². The SMILES string of the molecule is COC(=O)CCc1c[nH]c2c(O)cccc12. The van der Waals surface area contributed by atoms with Crippen LogP contribution in [0.3, 0.4) is 0 Å². The number of H-pyrrole nitrogens is 1. The summed E-state index contributed by atoms with van der Waals surface area (Å²) in [5.74, 6) is -0.00341. The number of esters is 1. The van der Waals surface area contributed by atoms with E-state index in [4.69, 9.17) is 0 Å². The Balaban J connectivity index is 2.25. The fraction of sp³-hybridized carbons (Fsp3) is 0.250. The molecule has 0 atom stereocenters. The third-order valence-electron chi connectivity index (χ3n) is 2.61. The van der Waals surface area contributed by atoms with Crippen LogP contribution in [0, 0.1) is 0 Å². The lowest BCUT2D eigenvalue weighted by Gasteiger charge is -1.99. The molecule has 0 aliphatic rings. The van der Waals surface area contributed by atoms with Gasteiger partial charge < -0.3 is 14.8 Å². The number of hydrogen-bond acceptors (Lipinski definition) is 3. The molecule has 0 unspecified atom stereocenters. The summed E-state index contributed by atoms with van der Waals surface area (Å²) in [7, 11) is 1.38. The van der Waals surface area contributed by atoms with E-state index in [1.165, 1.54) is 7.11 Å². The van der Waals surface area contributed by atoms with Crippen LogP contribution in [0.1, 0.15) is 12.0 Å². The molecule has 0 spiro atoms. The molecule has 0 amide bonds. The molecule has 0 radical (unpaired) electrons. The maximum Gasteiger partial charge on any atom is 0.305 e. The topological polar surface area (TPSA) is 62.3 Å². The molecule has 0 saturated heterocycles. The van der Waals surface area contributed by atoms with Gasteiger partial charge in [0.15, 0.2) is 0 Å². The van der Waals surface area contributed by atoms with Crippen LogP contribution in [0.25, 0.3) is 10.9 Å². The normalized spacial score (nSPS) is 10.6. The molecule has 4 heteroatoms. The van der Waals surface area contributed by atoms with Gasteiger partial charge in [-0.2, -0.15) is 0 Å². The zero-order valence-electron chi connectivity index (χ0n) is 8.99. The number of nitrogens with one attached hydrogen (secondary N) is 1. The first-order valence-corrected chi connectivity index (χ1v) is 5.07. The molecule has 1 heterocycles. The number of aromatic nitrogens is 1. The highest BCUT2D eigenvalue weighted by Crippen LogP contribution is 2.26. The summed E-state index contributed by atoms with van der Waals surface area (Å²) in [4.78, 5) is 14.0. The number of aromatic amines is 1. The van der Waals surface area contributed by atoms with E-state index in [9.17, 15) is 9.90 Å². The van der Waals surface area contributed by atoms with Gasteiger partial charge in [-0.15, -0.1) is 0 Å². The molecule has 2 N–H and O–H groups in total. The standard InChI is InChI=1S/C12H13NO3/c1-16-11(15)6-5-8-7-13-12-9(8)3-2-4-10(12)14/h2-4,7,13-14H,5-6H2,1H3. The van der Waals surface area contributed by atoms with Gasteiger partial charge in [-0.25, -0.2) is 0 Å². The molecule has 16 heavy (non-hydrogen) atoms. The van der Waals surface area contributed by atoms with Crippen LogP contribution in [0.5, 0.6) is 5.75 Å². The van der Waals surface area contributed by atoms with Gasteiger partial charge in [-0.1, -0.05) is 12.1 Å². The highest BCUT2D eigenvalue weighted by molar-refractivity contribution is 5.88. The van der Waals surface area contributed by atoms with Gasteiger partial charge in [0.2, 0.25) is 0 Å². The van der Waals surface area contributed by atoms with Gasteiger partial charge >= 0.3 is 5.97 Å². The van der Waals surface area contributed by atoms with E-state index in [0.29, 0.717) is 18.4 Å². The lowest BCUT2D eigenvalue weighted by Crippen LogP contribution is -2.01. The molecular formula is C12H13NO3. The number of aryl methyl sites for hydroxylation is 1. The minimum absolute atomic E-state index is 0.224. The van der Waals surface area contributed by atoms with Gasteiger partial charge in [0.1, 0.15) is 5.75 Å². The second kappa shape index (κ2) is 4.26. The largest absolute Gasteiger partial charge is 0.506 e. The Morgan fingerprint density at radius 1 is 1.50 bits per heavy atom. The number of phenolic OH excluding ortho intramolecular Hbond substituents is 1. The average molecular weight is 219 g/mol. The molecule has 0 fully saturated rings. The monoisotopic (exact) mass is 219 g/mol. The Kier molecular flexibility index (Phi) is 2.81. The first-order valence-electron chi connectivity index (χ1n) is 5.07. The van der Waals surface area contributed by atoms with Crippen LogP contribution in [0.2, 0.25) is 0 Å². The van der Waals surface area contributed by atoms with Crippen LogP contribution in [0.15, 0.2) is 24.4 Å². The molecule has 2 rings (SSSR count). The molecule has 0 bridgehead atoms. The van der Waals surface area contributed by atoms with Crippen molar-refractivity contribution in [2.45, 2.75) is 12.8 Å². The minimum atomic E-state index is -0.227. The summed E-state index contributed by atoms with van der Waals surface area (Å²) in [6.45, 7) is 0. The van der Waals surface area contributed by atoms with Crippen LogP contribution >= 0.6 is 0 Å². The summed E-state index contributed by atoms with van der Waals surface area (Å²) in [5.41, 5.74) is 1.72. The Morgan fingerprint density at radius 3 is 3.06 bits per heavy atom. The van der Waals surface area contributed by atoms with Crippen LogP contribution < -0.4 is 0 Å². The van der Waals surface area contributed by atoms with E-state index in [0.717, 1.165) is 10.9 Å². The first kappa shape index (κ1) is 10.5. The second-order valence-electron chi connectivity index (χ2n) is 3.59. The van der Waals surface area contributed by atoms with Crippen molar-refractivity contribution in [3.63, 3.8) is 0 Å². The zero-order valence-corrected chi connectivity index (χ0v) is 8.99. The molecule has 84 valence electrons. The highest BCUT2D eigenvalue weighted by Gasteiger charge is 2.08. The quantitative estimate of drug-likeness (QED) is 0.776. The summed E-state index contributed by atoms with van der Waals surface area (Å²) >= 11 is 0. The molecule has 0 saturated carbocycles. The smallest absolute Gasteiger partial charge is 0.305 e. The zero-order chi connectivity index (χ0) is 11.5. The number of rotatable bonds is 3. The molecule has 4 nitrogen and oxygen atoms in total. The first-order chi connectivity index (χ1) is 7.72. The Hall–Kier alpha value is -1.97. The fourth-order valence-corrected chi connectivity index (χ4v) is 1.74. The van der Waals surface area contributed by atoms with Crippen LogP contribution in [-0.4, -0.2) is 23.2 Å². The van der Waals surface area contributed by atoms with Crippen molar-refractivity contribution >= 4 is 16.9 Å². The number of benzene rings is 1. The maximum absolute atomic E-state index is 11.0. The van der Waals surface area contributed by atoms with Gasteiger partial charge in [-0.05, 0) is 18.1 Å². The molecular weight excluding hydrogens is 206 g/mol. The number of methoxy groups -OCH3 is 1. The van der Waals surface area contributed by atoms with Crippen molar-refractivity contribution < 1.29 is 14.6 Å². The molecule has 1 aromatic carbocycles. The van der Waals surface area contributed by atoms with E-state index in [-0.39, 0.29) is 11.7 Å². The Morgan fingerprint density at radius 2 is 2.31 bits per heavy atom. The highest BCUT2D eigenvalue weighted by atomic mass is 16.5. The Labute approximate surface area is 92.9 Å². The molecule has 1 aromatic heterocycles. The number of ether oxygens (including phenoxy) is 1. The molecule has 0 aliphatic carbocycles. The summed E-state index contributed by atoms with van der Waals surface area (Å²) in [5, 5.41) is 10.5. The third kappa shape index (κ3) is 1.86. The number of para-hydroxylation sites is 1. The number of hydrogen-bond donors (Lipinski definition) is 2. The van der Waals surface area contributed by atoms with Crippen LogP contribution in [0.4, 0.5) is 0 Å². The lowest BCUT2D eigenvalue weighted by molar-refractivity contribution is -0.140. The maximum atomic E-state index is 11.0. The van der Waals surface area contributed by atoms with Crippen molar-refractivity contribution in [3.05, 3.63) is 30.0 Å². The van der Waals surface area contributed by atoms with Crippen molar-refractivity contribution in [2.75, 3.05) is 7.11 Å². The van der Waals surface area contributed by atoms with Crippen molar-refractivity contribution in [1.29, 1.82) is 0 Å². The van der Waals surface area contributed by atoms with E-state index >= 15 is 0 Å². The minimum Gasteiger partial charge on any atom is -0.506 e. The number of aromatic hydroxyl groups is 1. The number of carbonyl (C=O) groups is 1. The predicted octanol–water partition coefficient (Wildman–Crippen LogP) is 1.98. The van der Waals surface area contributed by atoms with Gasteiger partial charge in [0, 0.05) is 18.0 Å². The number of phenols is 1. The Bertz CT molecular complexity index is 516. The van der Waals surface area contributed by atoms with Crippen molar-refractivity contribution in [1.82, 2.24) is 4.98 Å². The summed E-state index contributed by atoms with van der Waals surface area (Å²) in [6, 6.07) is 5.33. The summed E-state index contributed by atoms with van der Waals surface area (Å²) in [6.07, 6.45) is 2.77. The van der Waals surface area contributed by atoms with E-state index in [1.54, 1.807) is 12.1 Å². The lowest BCUT2D eigenvalue weighted by atomic mass is 10.1. The average Bonchev–Trinajstić information content (AvgIpc) is 2.70. The van der Waals surface area contributed by atoms with Gasteiger partial charge in [0.05, 0.1) is 12.6 Å². The van der Waals surface area contributed by atoms with Gasteiger partial charge in [-0.3, -0.25) is 4.79 Å². The predicted molar refractivity (Wildman–Crippen MR) is 60.3 cm³/mol. The fourth-order valence-electron chi connectivity index (χ4n) is 1.74. The van der Waals surface area contributed by atoms with Gasteiger partial charge in [0.25, 0.3) is 0 Å². The summed E-state index contributed by atoms with van der Waals surface area (Å²) < 4.78 is 4.59. The molecule has 0 aliphatic heterocycles. The third-order valence-corrected chi connectivity index (χ3v) is 2.61.